The number of nitrogens with two attached hydrogens (primary N) is 1. The highest BCUT2D eigenvalue weighted by Gasteiger charge is 2.44. The molecule has 3 aromatic rings. The van der Waals surface area contributed by atoms with E-state index in [1.165, 1.54) is 13.3 Å². The van der Waals surface area contributed by atoms with Gasteiger partial charge < -0.3 is 32.1 Å². The first-order chi connectivity index (χ1) is 23.7. The molecule has 2 unspecified atom stereocenters. The normalized spacial score (nSPS) is 13.3. The van der Waals surface area contributed by atoms with Gasteiger partial charge >= 0.3 is 6.18 Å². The van der Waals surface area contributed by atoms with Gasteiger partial charge in [-0.1, -0.05) is 93.1 Å². The van der Waals surface area contributed by atoms with Crippen LogP contribution in [0.25, 0.3) is 11.1 Å². The van der Waals surface area contributed by atoms with Crippen molar-refractivity contribution in [3.63, 3.8) is 0 Å². The van der Waals surface area contributed by atoms with Crippen molar-refractivity contribution in [2.75, 3.05) is 6.54 Å². The molecule has 14 heteroatoms. The van der Waals surface area contributed by atoms with Crippen LogP contribution < -0.4 is 27.0 Å². The number of carbonyl (C=O) groups is 5. The van der Waals surface area contributed by atoms with E-state index in [0.717, 1.165) is 11.1 Å². The largest absolute Gasteiger partial charge is 0.416 e. The Labute approximate surface area is 289 Å². The second-order valence-electron chi connectivity index (χ2n) is 11.5. The van der Waals surface area contributed by atoms with Gasteiger partial charge in [0, 0.05) is 18.4 Å². The van der Waals surface area contributed by atoms with Crippen LogP contribution in [0.4, 0.5) is 13.2 Å². The summed E-state index contributed by atoms with van der Waals surface area (Å²) in [6.07, 6.45) is -8.00. The molecule has 270 valence electrons. The number of aliphatic hydroxyl groups excluding tert-OH is 1. The van der Waals surface area contributed by atoms with Crippen molar-refractivity contribution in [3.05, 3.63) is 96.1 Å². The number of hydrogen-bond donors (Lipinski definition) is 6. The Kier molecular flexibility index (Phi) is 16.6. The molecule has 50 heavy (non-hydrogen) atoms. The standard InChI is InChI=1S/C33H36F3N5O6.C3H8/c1-20(30(45)41-25(16-17-27(37)42)29(44)33(34,35)36)39-32(47)26(18-21-8-4-2-5-9-21)40-28(43)19-38-31(46)24-14-12-23(13-15-24)22-10-6-3-7-11-22;1-3-2/h2-15,20,25-26,29,44H,16-19H2,1H3,(H2,37,42)(H,38,46)(H,39,47)(H,40,43)(H,41,45);3H2,1-2H3/t20-,25+,26?,29?;/m1./s1. The van der Waals surface area contributed by atoms with Crippen molar-refractivity contribution in [3.8, 4) is 11.1 Å². The minimum Gasteiger partial charge on any atom is -0.382 e. The van der Waals surface area contributed by atoms with E-state index in [1.807, 2.05) is 35.6 Å². The van der Waals surface area contributed by atoms with Gasteiger partial charge in [-0.3, -0.25) is 24.0 Å². The van der Waals surface area contributed by atoms with Crippen LogP contribution >= 0.6 is 0 Å². The number of rotatable bonds is 15. The molecule has 0 fully saturated rings. The van der Waals surface area contributed by atoms with E-state index in [-0.39, 0.29) is 6.42 Å². The molecule has 0 aliphatic carbocycles. The lowest BCUT2D eigenvalue weighted by Crippen LogP contribution is -2.57. The number of alkyl halides is 3. The molecule has 3 rings (SSSR count). The topological polar surface area (TPSA) is 180 Å². The van der Waals surface area contributed by atoms with E-state index in [1.54, 1.807) is 54.6 Å². The van der Waals surface area contributed by atoms with Crippen molar-refractivity contribution >= 4 is 29.5 Å². The average Bonchev–Trinajstić information content (AvgIpc) is 3.09. The van der Waals surface area contributed by atoms with E-state index in [4.69, 9.17) is 5.73 Å². The predicted molar refractivity (Wildman–Crippen MR) is 182 cm³/mol. The Hall–Kier alpha value is -5.24. The highest BCUT2D eigenvalue weighted by Crippen LogP contribution is 2.24. The first-order valence-electron chi connectivity index (χ1n) is 16.1. The maximum Gasteiger partial charge on any atom is 0.416 e. The monoisotopic (exact) mass is 699 g/mol. The van der Waals surface area contributed by atoms with Crippen molar-refractivity contribution < 1.29 is 42.3 Å². The molecular formula is C36H44F3N5O6. The van der Waals surface area contributed by atoms with Crippen molar-refractivity contribution in [1.82, 2.24) is 21.3 Å². The van der Waals surface area contributed by atoms with Gasteiger partial charge in [0.1, 0.15) is 12.1 Å². The molecule has 0 spiro atoms. The molecule has 0 heterocycles. The Balaban J connectivity index is 0.00000278. The van der Waals surface area contributed by atoms with Crippen LogP contribution in [0.15, 0.2) is 84.9 Å². The van der Waals surface area contributed by atoms with E-state index < -0.39 is 79.3 Å². The number of hydrogen-bond acceptors (Lipinski definition) is 6. The number of nitrogens with one attached hydrogen (secondary N) is 4. The second-order valence-corrected chi connectivity index (χ2v) is 11.5. The lowest BCUT2D eigenvalue weighted by atomic mass is 10.0. The minimum absolute atomic E-state index is 0.0182. The van der Waals surface area contributed by atoms with Gasteiger partial charge in [-0.25, -0.2) is 0 Å². The molecule has 0 aliphatic rings. The summed E-state index contributed by atoms with van der Waals surface area (Å²) >= 11 is 0. The van der Waals surface area contributed by atoms with E-state index in [0.29, 0.717) is 11.1 Å². The molecule has 0 bridgehead atoms. The third kappa shape index (κ3) is 14.1. The van der Waals surface area contributed by atoms with Crippen LogP contribution in [0.2, 0.25) is 0 Å². The molecule has 3 aromatic carbocycles. The smallest absolute Gasteiger partial charge is 0.382 e. The first kappa shape index (κ1) is 40.9. The number of benzene rings is 3. The fourth-order valence-corrected chi connectivity index (χ4v) is 4.53. The lowest BCUT2D eigenvalue weighted by Gasteiger charge is -2.27. The summed E-state index contributed by atoms with van der Waals surface area (Å²) in [4.78, 5) is 62.6. The third-order valence-electron chi connectivity index (χ3n) is 7.10. The average molecular weight is 700 g/mol. The van der Waals surface area contributed by atoms with Crippen LogP contribution in [0, 0.1) is 0 Å². The van der Waals surface area contributed by atoms with Crippen LogP contribution in [0.5, 0.6) is 0 Å². The molecule has 11 nitrogen and oxygen atoms in total. The molecule has 5 amide bonds. The first-order valence-corrected chi connectivity index (χ1v) is 16.1. The maximum absolute atomic E-state index is 13.2. The van der Waals surface area contributed by atoms with Gasteiger partial charge in [0.2, 0.25) is 23.6 Å². The van der Waals surface area contributed by atoms with E-state index in [2.05, 4.69) is 29.8 Å². The van der Waals surface area contributed by atoms with Crippen LogP contribution in [0.3, 0.4) is 0 Å². The summed E-state index contributed by atoms with van der Waals surface area (Å²) in [6, 6.07) is 20.3. The zero-order valence-corrected chi connectivity index (χ0v) is 28.1. The van der Waals surface area contributed by atoms with Gasteiger partial charge in [0.25, 0.3) is 5.91 Å². The molecule has 4 atom stereocenters. The number of aliphatic hydroxyl groups is 1. The Morgan fingerprint density at radius 1 is 0.780 bits per heavy atom. The third-order valence-corrected chi connectivity index (χ3v) is 7.10. The van der Waals surface area contributed by atoms with Gasteiger partial charge in [0.05, 0.1) is 12.6 Å². The molecular weight excluding hydrogens is 655 g/mol. The Morgan fingerprint density at radius 2 is 1.32 bits per heavy atom. The summed E-state index contributed by atoms with van der Waals surface area (Å²) < 4.78 is 39.5. The fourth-order valence-electron chi connectivity index (χ4n) is 4.53. The highest BCUT2D eigenvalue weighted by molar-refractivity contribution is 5.98. The molecule has 0 saturated carbocycles. The van der Waals surface area contributed by atoms with E-state index >= 15 is 0 Å². The van der Waals surface area contributed by atoms with E-state index in [9.17, 15) is 42.3 Å². The fraction of sp³-hybridized carbons (Fsp3) is 0.361. The summed E-state index contributed by atoms with van der Waals surface area (Å²) in [5, 5.41) is 19.1. The van der Waals surface area contributed by atoms with Crippen LogP contribution in [-0.4, -0.2) is 71.6 Å². The van der Waals surface area contributed by atoms with Gasteiger partial charge in [-0.15, -0.1) is 0 Å². The van der Waals surface area contributed by atoms with Crippen LogP contribution in [-0.2, 0) is 25.6 Å². The van der Waals surface area contributed by atoms with Gasteiger partial charge in [-0.2, -0.15) is 13.2 Å². The lowest BCUT2D eigenvalue weighted by molar-refractivity contribution is -0.212. The molecule has 0 radical (unpaired) electrons. The number of amides is 5. The summed E-state index contributed by atoms with van der Waals surface area (Å²) in [6.45, 7) is 4.97. The van der Waals surface area contributed by atoms with Crippen molar-refractivity contribution in [1.29, 1.82) is 0 Å². The summed E-state index contributed by atoms with van der Waals surface area (Å²) in [5.74, 6) is -4.09. The van der Waals surface area contributed by atoms with Crippen LogP contribution in [0.1, 0.15) is 56.0 Å². The molecule has 0 saturated heterocycles. The molecule has 7 N–H and O–H groups in total. The molecule has 0 aromatic heterocycles. The quantitative estimate of drug-likeness (QED) is 0.142. The zero-order valence-electron chi connectivity index (χ0n) is 28.1. The molecule has 0 aliphatic heterocycles. The Bertz CT molecular complexity index is 1540. The second kappa shape index (κ2) is 20.3. The SMILES string of the molecule is CCC.C[C@@H](NC(=O)C(Cc1ccccc1)NC(=O)CNC(=O)c1ccc(-c2ccccc2)cc1)C(=O)N[C@@H](CCC(N)=O)C(O)C(F)(F)F. The van der Waals surface area contributed by atoms with Crippen molar-refractivity contribution in [2.45, 2.75) is 76.9 Å². The number of carbonyl (C=O) groups excluding carboxylic acids is 5. The van der Waals surface area contributed by atoms with Gasteiger partial charge in [0.15, 0.2) is 6.10 Å². The highest BCUT2D eigenvalue weighted by atomic mass is 19.4. The van der Waals surface area contributed by atoms with Gasteiger partial charge in [-0.05, 0) is 42.2 Å². The van der Waals surface area contributed by atoms with Crippen molar-refractivity contribution in [2.24, 2.45) is 5.73 Å². The predicted octanol–water partition coefficient (Wildman–Crippen LogP) is 3.41. The number of primary amides is 1. The zero-order chi connectivity index (χ0) is 37.3. The minimum atomic E-state index is -5.10. The number of halogens is 3. The summed E-state index contributed by atoms with van der Waals surface area (Å²) in [7, 11) is 0. The summed E-state index contributed by atoms with van der Waals surface area (Å²) in [5.41, 5.74) is 7.82. The Morgan fingerprint density at radius 3 is 1.86 bits per heavy atom. The maximum atomic E-state index is 13.2.